The number of hydrogen-bond acceptors (Lipinski definition) is 7. The highest BCUT2D eigenvalue weighted by Gasteiger charge is 2.25. The van der Waals surface area contributed by atoms with Gasteiger partial charge in [0.05, 0.1) is 11.4 Å². The Kier molecular flexibility index (Phi) is 11.3. The van der Waals surface area contributed by atoms with Crippen molar-refractivity contribution in [3.63, 3.8) is 0 Å². The van der Waals surface area contributed by atoms with Gasteiger partial charge in [-0.3, -0.25) is 18.4 Å². The Balaban J connectivity index is 0.000000194. The lowest BCUT2D eigenvalue weighted by atomic mass is 10.0. The Morgan fingerprint density at radius 3 is 1.69 bits per heavy atom. The second-order valence-corrected chi connectivity index (χ2v) is 13.2. The fourth-order valence-corrected chi connectivity index (χ4v) is 6.74. The van der Waals surface area contributed by atoms with Crippen molar-refractivity contribution in [2.45, 2.75) is 80.5 Å². The maximum absolute atomic E-state index is 13.8. The lowest BCUT2D eigenvalue weighted by molar-refractivity contribution is 0.0968. The highest BCUT2D eigenvalue weighted by atomic mass is 19.1. The summed E-state index contributed by atoms with van der Waals surface area (Å²) in [6.45, 7) is 8.13. The minimum atomic E-state index is -1.07. The molecule has 2 atom stereocenters. The Morgan fingerprint density at radius 2 is 1.17 bits per heavy atom. The second kappa shape index (κ2) is 15.5. The lowest BCUT2D eigenvalue weighted by Gasteiger charge is -2.06. The molecule has 4 aromatic heterocycles. The largest absolute Gasteiger partial charge is 0.490 e. The Labute approximate surface area is 304 Å². The van der Waals surface area contributed by atoms with Gasteiger partial charge in [-0.25, -0.2) is 14.4 Å². The van der Waals surface area contributed by atoms with Gasteiger partial charge in [0, 0.05) is 36.4 Å². The first-order chi connectivity index (χ1) is 24.0. The van der Waals surface area contributed by atoms with Crippen LogP contribution in [0.4, 0.5) is 4.39 Å². The standard InChI is InChI=1S/C20H19FN2O2.C20H20N2O3.2CH4/c1-12-7-8-23-19(9-12)22-13(2)20(23)17(24)5-3-14-4-6-18-15(10-14)16(21)11-25-18;1-12-7-8-22-19(9-12)21-13(2)20(22)16(23)5-3-14-4-6-18-15(10-14)17(24)11-25-18;;/h4,6-10,16H,3,5,11H2,1-2H3;4,6-10,17,24H,3,5,11H2,1-2H3;2*1H4. The van der Waals surface area contributed by atoms with E-state index in [-0.39, 0.29) is 33.0 Å². The minimum absolute atomic E-state index is 0. The van der Waals surface area contributed by atoms with Gasteiger partial charge in [0.2, 0.25) is 0 Å². The third kappa shape index (κ3) is 7.48. The van der Waals surface area contributed by atoms with Gasteiger partial charge in [0.25, 0.3) is 0 Å². The second-order valence-electron chi connectivity index (χ2n) is 13.2. The van der Waals surface area contributed by atoms with Gasteiger partial charge in [-0.2, -0.15) is 0 Å². The van der Waals surface area contributed by atoms with E-state index >= 15 is 0 Å². The summed E-state index contributed by atoms with van der Waals surface area (Å²) in [5.41, 5.74) is 9.97. The van der Waals surface area contributed by atoms with Crippen LogP contribution in [0.1, 0.15) is 106 Å². The fourth-order valence-electron chi connectivity index (χ4n) is 6.74. The topological polar surface area (TPSA) is 107 Å². The van der Waals surface area contributed by atoms with Crippen molar-refractivity contribution in [3.8, 4) is 11.5 Å². The average molecular weight is 707 g/mol. The molecule has 52 heavy (non-hydrogen) atoms. The zero-order chi connectivity index (χ0) is 35.1. The van der Waals surface area contributed by atoms with Gasteiger partial charge in [0.15, 0.2) is 17.7 Å². The summed E-state index contributed by atoms with van der Waals surface area (Å²) in [6.07, 6.45) is 4.09. The molecule has 6 heterocycles. The van der Waals surface area contributed by atoms with E-state index in [4.69, 9.17) is 9.47 Å². The number of imidazole rings is 2. The van der Waals surface area contributed by atoms with E-state index in [1.165, 1.54) is 0 Å². The summed E-state index contributed by atoms with van der Waals surface area (Å²) in [5, 5.41) is 9.91. The van der Waals surface area contributed by atoms with E-state index in [0.717, 1.165) is 56.2 Å². The van der Waals surface area contributed by atoms with Crippen LogP contribution in [-0.4, -0.2) is 48.7 Å². The number of benzene rings is 2. The number of ether oxygens (including phenoxy) is 2. The molecule has 9 nitrogen and oxygen atoms in total. The molecule has 2 aliphatic rings. The number of rotatable bonds is 8. The monoisotopic (exact) mass is 706 g/mol. The van der Waals surface area contributed by atoms with Crippen molar-refractivity contribution in [3.05, 3.63) is 129 Å². The van der Waals surface area contributed by atoms with Crippen LogP contribution in [0.15, 0.2) is 73.1 Å². The highest BCUT2D eigenvalue weighted by Crippen LogP contribution is 2.36. The fraction of sp³-hybridized carbons (Fsp3) is 0.333. The smallest absolute Gasteiger partial charge is 0.181 e. The summed E-state index contributed by atoms with van der Waals surface area (Å²) in [4.78, 5) is 34.5. The van der Waals surface area contributed by atoms with Gasteiger partial charge >= 0.3 is 0 Å². The Hall–Kier alpha value is -5.35. The Bertz CT molecular complexity index is 2110. The first kappa shape index (κ1) is 37.9. The van der Waals surface area contributed by atoms with E-state index in [1.54, 1.807) is 6.07 Å². The van der Waals surface area contributed by atoms with E-state index < -0.39 is 12.3 Å². The molecule has 2 aromatic carbocycles. The molecule has 0 spiro atoms. The summed E-state index contributed by atoms with van der Waals surface area (Å²) in [6, 6.07) is 19.1. The van der Waals surface area contributed by atoms with Crippen molar-refractivity contribution in [1.82, 2.24) is 18.8 Å². The quantitative estimate of drug-likeness (QED) is 0.158. The molecule has 272 valence electrons. The molecule has 0 amide bonds. The summed E-state index contributed by atoms with van der Waals surface area (Å²) in [7, 11) is 0. The summed E-state index contributed by atoms with van der Waals surface area (Å²) in [5.74, 6) is 1.46. The molecular weight excluding hydrogens is 659 g/mol. The lowest BCUT2D eigenvalue weighted by Crippen LogP contribution is -2.07. The van der Waals surface area contributed by atoms with Gasteiger partial charge in [-0.1, -0.05) is 27.0 Å². The van der Waals surface area contributed by atoms with Crippen LogP contribution in [0.25, 0.3) is 11.3 Å². The molecule has 6 aromatic rings. The van der Waals surface area contributed by atoms with Crippen molar-refractivity contribution in [1.29, 1.82) is 0 Å². The number of nitrogens with zero attached hydrogens (tertiary/aromatic N) is 4. The average Bonchev–Trinajstić information content (AvgIpc) is 3.84. The molecule has 0 fully saturated rings. The first-order valence-electron chi connectivity index (χ1n) is 16.9. The maximum Gasteiger partial charge on any atom is 0.181 e. The molecule has 2 unspecified atom stereocenters. The molecule has 2 aliphatic heterocycles. The van der Waals surface area contributed by atoms with Crippen LogP contribution in [-0.2, 0) is 12.8 Å². The van der Waals surface area contributed by atoms with E-state index in [9.17, 15) is 19.1 Å². The minimum Gasteiger partial charge on any atom is -0.490 e. The zero-order valence-corrected chi connectivity index (χ0v) is 28.6. The van der Waals surface area contributed by atoms with Crippen LogP contribution in [0.2, 0.25) is 0 Å². The normalized spacial score (nSPS) is 15.4. The number of carbonyl (C=O) groups is 2. The molecule has 1 N–H and O–H groups in total. The number of hydrogen-bond donors (Lipinski definition) is 1. The van der Waals surface area contributed by atoms with Crippen LogP contribution >= 0.6 is 0 Å². The van der Waals surface area contributed by atoms with Crippen molar-refractivity contribution < 1.29 is 28.6 Å². The maximum atomic E-state index is 13.8. The molecule has 0 saturated carbocycles. The molecule has 8 rings (SSSR count). The third-order valence-corrected chi connectivity index (χ3v) is 9.35. The molecule has 10 heteroatoms. The van der Waals surface area contributed by atoms with Crippen molar-refractivity contribution >= 4 is 22.9 Å². The van der Waals surface area contributed by atoms with Crippen LogP contribution in [0, 0.1) is 27.7 Å². The Morgan fingerprint density at radius 1 is 0.712 bits per heavy atom. The number of aliphatic hydroxyl groups excluding tert-OH is 1. The number of carbonyl (C=O) groups excluding carboxylic acids is 2. The number of aromatic nitrogens is 4. The molecule has 0 radical (unpaired) electrons. The van der Waals surface area contributed by atoms with E-state index in [0.29, 0.717) is 55.0 Å². The van der Waals surface area contributed by atoms with Crippen LogP contribution < -0.4 is 9.47 Å². The predicted molar refractivity (Wildman–Crippen MR) is 201 cm³/mol. The molecular formula is C42H47FN4O5. The number of ketones is 2. The number of halogens is 1. The number of alkyl halides is 1. The van der Waals surface area contributed by atoms with Crippen molar-refractivity contribution in [2.24, 2.45) is 0 Å². The van der Waals surface area contributed by atoms with Crippen molar-refractivity contribution in [2.75, 3.05) is 13.2 Å². The van der Waals surface area contributed by atoms with Gasteiger partial charge in [-0.15, -0.1) is 0 Å². The van der Waals surface area contributed by atoms with Gasteiger partial charge in [0.1, 0.15) is 53.5 Å². The summed E-state index contributed by atoms with van der Waals surface area (Å²) < 4.78 is 28.2. The number of aryl methyl sites for hydroxylation is 6. The summed E-state index contributed by atoms with van der Waals surface area (Å²) >= 11 is 0. The highest BCUT2D eigenvalue weighted by molar-refractivity contribution is 5.97. The third-order valence-electron chi connectivity index (χ3n) is 9.35. The molecule has 0 bridgehead atoms. The molecule has 0 saturated heterocycles. The molecule has 0 aliphatic carbocycles. The van der Waals surface area contributed by atoms with E-state index in [1.807, 2.05) is 103 Å². The van der Waals surface area contributed by atoms with Crippen LogP contribution in [0.5, 0.6) is 11.5 Å². The number of fused-ring (bicyclic) bond motifs is 4. The van der Waals surface area contributed by atoms with Crippen LogP contribution in [0.3, 0.4) is 0 Å². The number of Topliss-reactive ketones (excluding diaryl/α,β-unsaturated/α-hetero) is 2. The zero-order valence-electron chi connectivity index (χ0n) is 28.6. The number of pyridine rings is 2. The van der Waals surface area contributed by atoms with Gasteiger partial charge < -0.3 is 14.6 Å². The SMILES string of the molecule is C.C.Cc1ccn2c(C(=O)CCc3ccc4c(c3)C(F)CO4)c(C)nc2c1.Cc1ccn2c(C(=O)CCc3ccc4c(c3)C(O)CO4)c(C)nc2c1. The van der Waals surface area contributed by atoms with E-state index in [2.05, 4.69) is 9.97 Å². The van der Waals surface area contributed by atoms with Gasteiger partial charge in [-0.05, 0) is 111 Å². The first-order valence-corrected chi connectivity index (χ1v) is 16.9. The number of aliphatic hydroxyl groups is 1. The predicted octanol–water partition coefficient (Wildman–Crippen LogP) is 8.63.